The highest BCUT2D eigenvalue weighted by Gasteiger charge is 2.14. The van der Waals surface area contributed by atoms with Crippen LogP contribution in [-0.4, -0.2) is 24.4 Å². The summed E-state index contributed by atoms with van der Waals surface area (Å²) >= 11 is 6.15. The molecule has 1 atom stereocenters. The Kier molecular flexibility index (Phi) is 4.35. The fourth-order valence-corrected chi connectivity index (χ4v) is 2.56. The Morgan fingerprint density at radius 1 is 1.35 bits per heavy atom. The van der Waals surface area contributed by atoms with Crippen LogP contribution in [0.2, 0.25) is 5.02 Å². The maximum absolute atomic E-state index is 6.15. The molecule has 0 amide bonds. The Morgan fingerprint density at radius 2 is 2.25 bits per heavy atom. The molecule has 1 fully saturated rings. The molecule has 1 aromatic carbocycles. The van der Waals surface area contributed by atoms with Gasteiger partial charge >= 0.3 is 0 Å². The molecule has 0 aliphatic carbocycles. The van der Waals surface area contributed by atoms with Crippen molar-refractivity contribution in [1.82, 2.24) is 10.5 Å². The Labute approximate surface area is 123 Å². The molecule has 3 rings (SSSR count). The summed E-state index contributed by atoms with van der Waals surface area (Å²) in [6.45, 7) is 2.33. The summed E-state index contributed by atoms with van der Waals surface area (Å²) in [5, 5.41) is 8.19. The average molecular weight is 293 g/mol. The molecule has 1 aromatic heterocycles. The van der Waals surface area contributed by atoms with Crippen molar-refractivity contribution in [3.63, 3.8) is 0 Å². The normalized spacial score (nSPS) is 19.1. The van der Waals surface area contributed by atoms with E-state index in [9.17, 15) is 0 Å². The number of nitrogens with zero attached hydrogens (tertiary/aromatic N) is 1. The maximum Gasteiger partial charge on any atom is 0.168 e. The Bertz CT molecular complexity index is 565. The van der Waals surface area contributed by atoms with Crippen LogP contribution in [0.5, 0.6) is 0 Å². The molecule has 0 bridgehead atoms. The van der Waals surface area contributed by atoms with Gasteiger partial charge in [-0.15, -0.1) is 0 Å². The van der Waals surface area contributed by atoms with Crippen molar-refractivity contribution in [1.29, 1.82) is 0 Å². The van der Waals surface area contributed by atoms with Gasteiger partial charge < -0.3 is 14.6 Å². The zero-order valence-corrected chi connectivity index (χ0v) is 11.9. The second-order valence-electron chi connectivity index (χ2n) is 4.96. The minimum absolute atomic E-state index is 0.407. The first-order chi connectivity index (χ1) is 9.83. The third kappa shape index (κ3) is 3.20. The van der Waals surface area contributed by atoms with Crippen LogP contribution in [-0.2, 0) is 11.3 Å². The van der Waals surface area contributed by atoms with Crippen molar-refractivity contribution in [2.24, 2.45) is 0 Å². The summed E-state index contributed by atoms with van der Waals surface area (Å²) in [6.07, 6.45) is 2.26. The molecule has 1 N–H and O–H groups in total. The average Bonchev–Trinajstić information content (AvgIpc) is 2.95. The molecule has 0 radical (unpaired) electrons. The lowest BCUT2D eigenvalue weighted by Gasteiger charge is -2.22. The number of nitrogens with one attached hydrogen (secondary N) is 1. The molecular formula is C15H17ClN2O2. The number of ether oxygens (including phenoxy) is 1. The van der Waals surface area contributed by atoms with Gasteiger partial charge in [-0.3, -0.25) is 0 Å². The molecule has 4 nitrogen and oxygen atoms in total. The topological polar surface area (TPSA) is 47.3 Å². The molecule has 5 heteroatoms. The van der Waals surface area contributed by atoms with E-state index in [2.05, 4.69) is 10.5 Å². The highest BCUT2D eigenvalue weighted by molar-refractivity contribution is 6.33. The quantitative estimate of drug-likeness (QED) is 0.939. The first-order valence-corrected chi connectivity index (χ1v) is 7.22. The largest absolute Gasteiger partial charge is 0.380 e. The van der Waals surface area contributed by atoms with E-state index in [1.165, 1.54) is 0 Å². The molecule has 106 valence electrons. The Morgan fingerprint density at radius 3 is 3.05 bits per heavy atom. The third-order valence-corrected chi connectivity index (χ3v) is 3.76. The molecule has 20 heavy (non-hydrogen) atoms. The molecule has 0 saturated carbocycles. The number of benzene rings is 1. The van der Waals surface area contributed by atoms with Crippen molar-refractivity contribution < 1.29 is 9.26 Å². The molecule has 0 unspecified atom stereocenters. The highest BCUT2D eigenvalue weighted by atomic mass is 35.5. The van der Waals surface area contributed by atoms with Crippen LogP contribution in [0, 0.1) is 0 Å². The molecule has 1 aliphatic heterocycles. The van der Waals surface area contributed by atoms with Gasteiger partial charge in [-0.25, -0.2) is 0 Å². The van der Waals surface area contributed by atoms with Gasteiger partial charge in [0.25, 0.3) is 0 Å². The van der Waals surface area contributed by atoms with E-state index in [0.29, 0.717) is 23.4 Å². The lowest BCUT2D eigenvalue weighted by atomic mass is 10.1. The molecule has 2 heterocycles. The molecule has 1 aliphatic rings. The summed E-state index contributed by atoms with van der Waals surface area (Å²) in [7, 11) is 0. The van der Waals surface area contributed by atoms with E-state index in [-0.39, 0.29) is 0 Å². The molecule has 1 saturated heterocycles. The lowest BCUT2D eigenvalue weighted by molar-refractivity contribution is 0.0697. The second-order valence-corrected chi connectivity index (χ2v) is 5.36. The predicted molar refractivity (Wildman–Crippen MR) is 77.6 cm³/mol. The summed E-state index contributed by atoms with van der Waals surface area (Å²) in [5.74, 6) is 0.701. The molecule has 0 spiro atoms. The number of rotatable bonds is 4. The van der Waals surface area contributed by atoms with Crippen LogP contribution < -0.4 is 5.32 Å². The summed E-state index contributed by atoms with van der Waals surface area (Å²) in [4.78, 5) is 0. The van der Waals surface area contributed by atoms with Crippen molar-refractivity contribution in [2.45, 2.75) is 25.4 Å². The van der Waals surface area contributed by atoms with Crippen LogP contribution >= 0.6 is 11.6 Å². The minimum atomic E-state index is 0.407. The van der Waals surface area contributed by atoms with Gasteiger partial charge in [0.15, 0.2) is 5.76 Å². The third-order valence-electron chi connectivity index (χ3n) is 3.43. The van der Waals surface area contributed by atoms with E-state index in [4.69, 9.17) is 20.9 Å². The fourth-order valence-electron chi connectivity index (χ4n) is 2.33. The van der Waals surface area contributed by atoms with Crippen molar-refractivity contribution in [3.05, 3.63) is 41.0 Å². The van der Waals surface area contributed by atoms with Gasteiger partial charge in [0.1, 0.15) is 0 Å². The van der Waals surface area contributed by atoms with Gasteiger partial charge in [-0.2, -0.15) is 0 Å². The maximum atomic E-state index is 6.15. The van der Waals surface area contributed by atoms with Crippen molar-refractivity contribution >= 4 is 11.6 Å². The monoisotopic (exact) mass is 292 g/mol. The van der Waals surface area contributed by atoms with E-state index >= 15 is 0 Å². The van der Waals surface area contributed by atoms with Gasteiger partial charge in [0, 0.05) is 30.8 Å². The molecular weight excluding hydrogens is 276 g/mol. The van der Waals surface area contributed by atoms with Crippen molar-refractivity contribution in [2.75, 3.05) is 13.2 Å². The zero-order chi connectivity index (χ0) is 13.8. The van der Waals surface area contributed by atoms with E-state index in [0.717, 1.165) is 37.3 Å². The second kappa shape index (κ2) is 6.39. The summed E-state index contributed by atoms with van der Waals surface area (Å²) < 4.78 is 10.8. The van der Waals surface area contributed by atoms with Gasteiger partial charge in [-0.05, 0) is 25.0 Å². The molecule has 2 aromatic rings. The smallest absolute Gasteiger partial charge is 0.168 e. The number of hydrogen-bond acceptors (Lipinski definition) is 4. The van der Waals surface area contributed by atoms with Crippen molar-refractivity contribution in [3.8, 4) is 11.3 Å². The number of hydrogen-bond donors (Lipinski definition) is 1. The van der Waals surface area contributed by atoms with Crippen LogP contribution in [0.25, 0.3) is 11.3 Å². The lowest BCUT2D eigenvalue weighted by Crippen LogP contribution is -2.36. The first kappa shape index (κ1) is 13.6. The van der Waals surface area contributed by atoms with Crippen LogP contribution in [0.4, 0.5) is 0 Å². The van der Waals surface area contributed by atoms with Crippen LogP contribution in [0.15, 0.2) is 34.9 Å². The number of halogens is 1. The minimum Gasteiger partial charge on any atom is -0.380 e. The Hall–Kier alpha value is -1.36. The summed E-state index contributed by atoms with van der Waals surface area (Å²) in [6, 6.07) is 9.93. The first-order valence-electron chi connectivity index (χ1n) is 6.84. The van der Waals surface area contributed by atoms with E-state index in [1.807, 2.05) is 30.3 Å². The van der Waals surface area contributed by atoms with Crippen LogP contribution in [0.1, 0.15) is 18.5 Å². The highest BCUT2D eigenvalue weighted by Crippen LogP contribution is 2.27. The van der Waals surface area contributed by atoms with Crippen LogP contribution in [0.3, 0.4) is 0 Å². The fraction of sp³-hybridized carbons (Fsp3) is 0.400. The SMILES string of the molecule is Clc1ccccc1-c1cc(CN[C@H]2CCCOC2)no1. The summed E-state index contributed by atoms with van der Waals surface area (Å²) in [5.41, 5.74) is 1.75. The van der Waals surface area contributed by atoms with E-state index in [1.54, 1.807) is 0 Å². The number of aromatic nitrogens is 1. The zero-order valence-electron chi connectivity index (χ0n) is 11.1. The van der Waals surface area contributed by atoms with Gasteiger partial charge in [0.2, 0.25) is 0 Å². The van der Waals surface area contributed by atoms with Gasteiger partial charge in [0.05, 0.1) is 17.3 Å². The van der Waals surface area contributed by atoms with E-state index < -0.39 is 0 Å². The Balaban J connectivity index is 1.63. The predicted octanol–water partition coefficient (Wildman–Crippen LogP) is 3.26. The standard InChI is InChI=1S/C15H17ClN2O2/c16-14-6-2-1-5-13(14)15-8-12(18-20-15)9-17-11-4-3-7-19-10-11/h1-2,5-6,8,11,17H,3-4,7,9-10H2/t11-/m0/s1. The van der Waals surface area contributed by atoms with Gasteiger partial charge in [-0.1, -0.05) is 28.9 Å².